The van der Waals surface area contributed by atoms with E-state index in [1.807, 2.05) is 29.2 Å². The van der Waals surface area contributed by atoms with Gasteiger partial charge in [0.15, 0.2) is 0 Å². The van der Waals surface area contributed by atoms with Crippen LogP contribution in [0.4, 0.5) is 0 Å². The molecule has 3 fully saturated rings. The van der Waals surface area contributed by atoms with Crippen molar-refractivity contribution >= 4 is 17.7 Å². The van der Waals surface area contributed by atoms with Gasteiger partial charge in [-0.25, -0.2) is 0 Å². The topological polar surface area (TPSA) is 79.0 Å². The Balaban J connectivity index is 1.44. The van der Waals surface area contributed by atoms with Gasteiger partial charge in [0.25, 0.3) is 0 Å². The van der Waals surface area contributed by atoms with Crippen LogP contribution in [0.25, 0.3) is 0 Å². The molecule has 3 atom stereocenters. The van der Waals surface area contributed by atoms with Gasteiger partial charge >= 0.3 is 0 Å². The molecular weight excluding hydrogens is 370 g/mol. The second-order valence-electron chi connectivity index (χ2n) is 8.12. The number of hydrogen-bond donors (Lipinski definition) is 1. The van der Waals surface area contributed by atoms with Crippen LogP contribution >= 0.6 is 0 Å². The number of nitrogens with one attached hydrogen (secondary N) is 1. The summed E-state index contributed by atoms with van der Waals surface area (Å²) in [6, 6.07) is 7.61. The zero-order valence-electron chi connectivity index (χ0n) is 16.9. The molecule has 1 aliphatic carbocycles. The Bertz CT molecular complexity index is 772. The summed E-state index contributed by atoms with van der Waals surface area (Å²) in [6.07, 6.45) is 3.78. The monoisotopic (exact) mass is 399 g/mol. The molecule has 7 nitrogen and oxygen atoms in total. The van der Waals surface area contributed by atoms with Gasteiger partial charge in [-0.2, -0.15) is 0 Å². The minimum absolute atomic E-state index is 0.0297. The van der Waals surface area contributed by atoms with Crippen LogP contribution in [0.2, 0.25) is 0 Å². The molecule has 7 heteroatoms. The van der Waals surface area contributed by atoms with E-state index in [1.54, 1.807) is 7.11 Å². The summed E-state index contributed by atoms with van der Waals surface area (Å²) in [7, 11) is 1.63. The van der Waals surface area contributed by atoms with Crippen LogP contribution in [0.3, 0.4) is 0 Å². The predicted molar refractivity (Wildman–Crippen MR) is 107 cm³/mol. The van der Waals surface area contributed by atoms with Crippen LogP contribution in [0.5, 0.6) is 5.75 Å². The Labute approximate surface area is 171 Å². The van der Waals surface area contributed by atoms with Crippen LogP contribution in [0, 0.1) is 11.8 Å². The molecule has 1 saturated carbocycles. The van der Waals surface area contributed by atoms with E-state index in [-0.39, 0.29) is 48.6 Å². The van der Waals surface area contributed by atoms with Crippen LogP contribution in [0.15, 0.2) is 24.3 Å². The lowest BCUT2D eigenvalue weighted by atomic mass is 9.81. The first-order valence-corrected chi connectivity index (χ1v) is 10.6. The summed E-state index contributed by atoms with van der Waals surface area (Å²) in [5.41, 5.74) is 0.967. The SMILES string of the molecule is COc1ccccc1C1CNCCN1C(=O)CCN1C(=O)C2CCCCC2C1=O. The van der Waals surface area contributed by atoms with E-state index in [9.17, 15) is 14.4 Å². The molecule has 29 heavy (non-hydrogen) atoms. The van der Waals surface area contributed by atoms with E-state index >= 15 is 0 Å². The Morgan fingerprint density at radius 2 is 1.83 bits per heavy atom. The Morgan fingerprint density at radius 1 is 1.14 bits per heavy atom. The van der Waals surface area contributed by atoms with Crippen molar-refractivity contribution in [1.82, 2.24) is 15.1 Å². The maximum atomic E-state index is 13.1. The number of carbonyl (C=O) groups is 3. The van der Waals surface area contributed by atoms with Crippen LogP contribution in [0.1, 0.15) is 43.7 Å². The van der Waals surface area contributed by atoms with Crippen molar-refractivity contribution in [3.63, 3.8) is 0 Å². The van der Waals surface area contributed by atoms with Gasteiger partial charge in [0.2, 0.25) is 17.7 Å². The molecule has 0 spiro atoms. The van der Waals surface area contributed by atoms with Gasteiger partial charge in [-0.1, -0.05) is 31.0 Å². The molecule has 0 bridgehead atoms. The van der Waals surface area contributed by atoms with Crippen molar-refractivity contribution in [3.05, 3.63) is 29.8 Å². The number of benzene rings is 1. The number of amides is 3. The van der Waals surface area contributed by atoms with Gasteiger partial charge < -0.3 is 15.0 Å². The largest absolute Gasteiger partial charge is 0.496 e. The number of hydrogen-bond acceptors (Lipinski definition) is 5. The molecule has 1 aromatic rings. The minimum atomic E-state index is -0.160. The van der Waals surface area contributed by atoms with Crippen LogP contribution in [-0.4, -0.2) is 60.8 Å². The number of rotatable bonds is 5. The van der Waals surface area contributed by atoms with Gasteiger partial charge in [0, 0.05) is 38.2 Å². The zero-order valence-corrected chi connectivity index (χ0v) is 16.9. The average molecular weight is 399 g/mol. The quantitative estimate of drug-likeness (QED) is 0.763. The number of imide groups is 1. The first kappa shape index (κ1) is 19.9. The van der Waals surface area contributed by atoms with Crippen LogP contribution < -0.4 is 10.1 Å². The fourth-order valence-electron chi connectivity index (χ4n) is 5.02. The number of para-hydroxylation sites is 1. The second-order valence-corrected chi connectivity index (χ2v) is 8.12. The van der Waals surface area contributed by atoms with Crippen LogP contribution in [-0.2, 0) is 14.4 Å². The van der Waals surface area contributed by atoms with E-state index < -0.39 is 0 Å². The lowest BCUT2D eigenvalue weighted by Crippen LogP contribution is -2.49. The Kier molecular flexibility index (Phi) is 5.85. The second kappa shape index (κ2) is 8.53. The van der Waals surface area contributed by atoms with E-state index in [2.05, 4.69) is 5.32 Å². The van der Waals surface area contributed by atoms with Crippen molar-refractivity contribution in [2.75, 3.05) is 33.3 Å². The molecule has 2 heterocycles. The summed E-state index contributed by atoms with van der Waals surface area (Å²) >= 11 is 0. The van der Waals surface area contributed by atoms with E-state index in [1.165, 1.54) is 4.90 Å². The molecule has 2 saturated heterocycles. The maximum absolute atomic E-state index is 13.1. The van der Waals surface area contributed by atoms with Crippen molar-refractivity contribution in [1.29, 1.82) is 0 Å². The number of nitrogens with zero attached hydrogens (tertiary/aromatic N) is 2. The normalized spacial score (nSPS) is 27.1. The van der Waals surface area contributed by atoms with Gasteiger partial charge in [-0.3, -0.25) is 19.3 Å². The molecule has 1 aromatic carbocycles. The molecule has 0 radical (unpaired) electrons. The fraction of sp³-hybridized carbons (Fsp3) is 0.591. The number of carbonyl (C=O) groups excluding carboxylic acids is 3. The number of fused-ring (bicyclic) bond motifs is 1. The lowest BCUT2D eigenvalue weighted by molar-refractivity contribution is -0.141. The Morgan fingerprint density at radius 3 is 2.52 bits per heavy atom. The molecule has 3 unspecified atom stereocenters. The number of methoxy groups -OCH3 is 1. The third kappa shape index (κ3) is 3.75. The molecule has 4 rings (SSSR count). The van der Waals surface area contributed by atoms with E-state index in [0.717, 1.165) is 43.5 Å². The molecule has 3 amide bonds. The van der Waals surface area contributed by atoms with Gasteiger partial charge in [0.05, 0.1) is 25.0 Å². The predicted octanol–water partition coefficient (Wildman–Crippen LogP) is 1.73. The van der Waals surface area contributed by atoms with Gasteiger partial charge in [0.1, 0.15) is 5.75 Å². The number of ether oxygens (including phenoxy) is 1. The molecule has 156 valence electrons. The highest BCUT2D eigenvalue weighted by Gasteiger charge is 2.48. The van der Waals surface area contributed by atoms with Crippen molar-refractivity contribution in [2.24, 2.45) is 11.8 Å². The number of piperazine rings is 1. The molecule has 2 aliphatic heterocycles. The molecule has 1 N–H and O–H groups in total. The van der Waals surface area contributed by atoms with Crippen molar-refractivity contribution < 1.29 is 19.1 Å². The Hall–Kier alpha value is -2.41. The minimum Gasteiger partial charge on any atom is -0.496 e. The van der Waals surface area contributed by atoms with Crippen molar-refractivity contribution in [2.45, 2.75) is 38.1 Å². The average Bonchev–Trinajstić information content (AvgIpc) is 3.02. The highest BCUT2D eigenvalue weighted by molar-refractivity contribution is 6.05. The van der Waals surface area contributed by atoms with E-state index in [4.69, 9.17) is 4.74 Å². The summed E-state index contributed by atoms with van der Waals surface area (Å²) in [4.78, 5) is 41.6. The first-order chi connectivity index (χ1) is 14.1. The van der Waals surface area contributed by atoms with Gasteiger partial charge in [-0.15, -0.1) is 0 Å². The van der Waals surface area contributed by atoms with Gasteiger partial charge in [-0.05, 0) is 18.9 Å². The zero-order chi connectivity index (χ0) is 20.4. The summed E-state index contributed by atoms with van der Waals surface area (Å²) < 4.78 is 5.49. The summed E-state index contributed by atoms with van der Waals surface area (Å²) in [6.45, 7) is 2.15. The first-order valence-electron chi connectivity index (χ1n) is 10.6. The summed E-state index contributed by atoms with van der Waals surface area (Å²) in [5, 5.41) is 3.35. The van der Waals surface area contributed by atoms with Crippen molar-refractivity contribution in [3.8, 4) is 5.75 Å². The molecule has 0 aromatic heterocycles. The molecule has 3 aliphatic rings. The highest BCUT2D eigenvalue weighted by Crippen LogP contribution is 2.38. The smallest absolute Gasteiger partial charge is 0.233 e. The number of likely N-dealkylation sites (tertiary alicyclic amines) is 1. The lowest BCUT2D eigenvalue weighted by Gasteiger charge is -2.37. The molecular formula is C22H29N3O4. The third-order valence-corrected chi connectivity index (χ3v) is 6.54. The standard InChI is InChI=1S/C22H29N3O4/c1-29-19-9-5-4-8-17(19)18-14-23-11-13-24(18)20(26)10-12-25-21(27)15-6-2-3-7-16(15)22(25)28/h4-5,8-9,15-16,18,23H,2-3,6-7,10-14H2,1H3. The third-order valence-electron chi connectivity index (χ3n) is 6.54. The fourth-order valence-corrected chi connectivity index (χ4v) is 5.02. The highest BCUT2D eigenvalue weighted by atomic mass is 16.5. The van der Waals surface area contributed by atoms with E-state index in [0.29, 0.717) is 13.1 Å². The maximum Gasteiger partial charge on any atom is 0.233 e. The summed E-state index contributed by atoms with van der Waals surface area (Å²) in [5.74, 6) is 0.257.